The SMILES string of the molecule is C=C[C@]1(C(=O)N[C@H]2CO[C@@H](C(=O)OCc3cccc(F)c3)C2)CC(c2cc(F)cc(F)c2)=NO1. The Kier molecular flexibility index (Phi) is 6.69. The Morgan fingerprint density at radius 2 is 1.94 bits per heavy atom. The van der Waals surface area contributed by atoms with E-state index in [2.05, 4.69) is 17.1 Å². The zero-order chi connectivity index (χ0) is 24.3. The number of halogens is 3. The molecule has 0 radical (unpaired) electrons. The molecule has 1 amide bonds. The van der Waals surface area contributed by atoms with E-state index in [-0.39, 0.29) is 37.3 Å². The van der Waals surface area contributed by atoms with Gasteiger partial charge in [-0.05, 0) is 35.9 Å². The number of nitrogens with zero attached hydrogens (tertiary/aromatic N) is 1. The minimum atomic E-state index is -1.58. The fraction of sp³-hybridized carbons (Fsp3) is 0.292. The molecule has 7 nitrogen and oxygen atoms in total. The molecule has 0 aromatic heterocycles. The molecule has 2 aliphatic rings. The Labute approximate surface area is 193 Å². The fourth-order valence-corrected chi connectivity index (χ4v) is 3.72. The van der Waals surface area contributed by atoms with Gasteiger partial charge in [0.25, 0.3) is 5.91 Å². The summed E-state index contributed by atoms with van der Waals surface area (Å²) in [7, 11) is 0. The Morgan fingerprint density at radius 3 is 2.65 bits per heavy atom. The van der Waals surface area contributed by atoms with Crippen LogP contribution in [0.4, 0.5) is 13.2 Å². The van der Waals surface area contributed by atoms with E-state index >= 15 is 0 Å². The summed E-state index contributed by atoms with van der Waals surface area (Å²) in [5.74, 6) is -3.21. The van der Waals surface area contributed by atoms with Crippen molar-refractivity contribution in [1.82, 2.24) is 5.32 Å². The first-order valence-electron chi connectivity index (χ1n) is 10.5. The minimum absolute atomic E-state index is 0.0571. The number of benzene rings is 2. The second-order valence-electron chi connectivity index (χ2n) is 8.02. The Hall–Kier alpha value is -3.66. The molecule has 0 saturated carbocycles. The Balaban J connectivity index is 1.32. The summed E-state index contributed by atoms with van der Waals surface area (Å²) in [5.41, 5.74) is -0.737. The summed E-state index contributed by atoms with van der Waals surface area (Å²) < 4.78 is 51.0. The summed E-state index contributed by atoms with van der Waals surface area (Å²) in [6.07, 6.45) is 0.432. The van der Waals surface area contributed by atoms with E-state index in [9.17, 15) is 22.8 Å². The molecule has 0 bridgehead atoms. The molecule has 0 unspecified atom stereocenters. The summed E-state index contributed by atoms with van der Waals surface area (Å²) in [5, 5.41) is 6.56. The predicted molar refractivity (Wildman–Crippen MR) is 114 cm³/mol. The van der Waals surface area contributed by atoms with Crippen LogP contribution in [0.5, 0.6) is 0 Å². The smallest absolute Gasteiger partial charge is 0.335 e. The third-order valence-electron chi connectivity index (χ3n) is 5.52. The topological polar surface area (TPSA) is 86.2 Å². The zero-order valence-corrected chi connectivity index (χ0v) is 17.9. The van der Waals surface area contributed by atoms with Crippen LogP contribution >= 0.6 is 0 Å². The van der Waals surface area contributed by atoms with Crippen LogP contribution < -0.4 is 5.32 Å². The standard InChI is InChI=1S/C24H21F3N2O5/c1-2-24(11-20(29-34-24)15-7-17(26)9-18(27)8-15)23(31)28-19-10-21(32-13-19)22(30)33-12-14-4-3-5-16(25)6-14/h2-9,19,21H,1,10-13H2,(H,28,31)/t19-,21-,24-/m1/s1. The average molecular weight is 474 g/mol. The largest absolute Gasteiger partial charge is 0.459 e. The van der Waals surface area contributed by atoms with E-state index in [4.69, 9.17) is 14.3 Å². The molecule has 1 N–H and O–H groups in total. The lowest BCUT2D eigenvalue weighted by Crippen LogP contribution is -2.49. The highest BCUT2D eigenvalue weighted by Crippen LogP contribution is 2.30. The number of ether oxygens (including phenoxy) is 2. The van der Waals surface area contributed by atoms with Gasteiger partial charge in [0.1, 0.15) is 24.1 Å². The van der Waals surface area contributed by atoms with Crippen LogP contribution in [0.1, 0.15) is 24.0 Å². The number of hydrogen-bond acceptors (Lipinski definition) is 6. The van der Waals surface area contributed by atoms with Crippen molar-refractivity contribution >= 4 is 17.6 Å². The van der Waals surface area contributed by atoms with Gasteiger partial charge in [0.2, 0.25) is 5.60 Å². The molecule has 34 heavy (non-hydrogen) atoms. The van der Waals surface area contributed by atoms with Crippen LogP contribution in [-0.2, 0) is 30.5 Å². The summed E-state index contributed by atoms with van der Waals surface area (Å²) in [6, 6.07) is 8.07. The molecule has 2 aromatic rings. The lowest BCUT2D eigenvalue weighted by molar-refractivity contribution is -0.155. The second kappa shape index (κ2) is 9.68. The number of rotatable bonds is 7. The van der Waals surface area contributed by atoms with Gasteiger partial charge in [0, 0.05) is 24.5 Å². The van der Waals surface area contributed by atoms with Gasteiger partial charge in [-0.25, -0.2) is 18.0 Å². The molecule has 1 saturated heterocycles. The first-order valence-corrected chi connectivity index (χ1v) is 10.5. The molecular weight excluding hydrogens is 453 g/mol. The van der Waals surface area contributed by atoms with Crippen molar-refractivity contribution in [1.29, 1.82) is 0 Å². The third-order valence-corrected chi connectivity index (χ3v) is 5.52. The van der Waals surface area contributed by atoms with Gasteiger partial charge in [0.05, 0.1) is 18.4 Å². The fourth-order valence-electron chi connectivity index (χ4n) is 3.72. The summed E-state index contributed by atoms with van der Waals surface area (Å²) in [6.45, 7) is 3.58. The van der Waals surface area contributed by atoms with E-state index in [1.54, 1.807) is 6.07 Å². The van der Waals surface area contributed by atoms with Crippen molar-refractivity contribution in [3.8, 4) is 0 Å². The van der Waals surface area contributed by atoms with Crippen molar-refractivity contribution in [3.63, 3.8) is 0 Å². The van der Waals surface area contributed by atoms with Crippen LogP contribution in [0.15, 0.2) is 60.3 Å². The molecule has 2 aromatic carbocycles. The van der Waals surface area contributed by atoms with E-state index in [0.29, 0.717) is 5.56 Å². The van der Waals surface area contributed by atoms with Gasteiger partial charge in [-0.15, -0.1) is 0 Å². The average Bonchev–Trinajstić information content (AvgIpc) is 3.45. The molecule has 2 heterocycles. The quantitative estimate of drug-likeness (QED) is 0.492. The van der Waals surface area contributed by atoms with E-state index in [1.165, 1.54) is 24.3 Å². The van der Waals surface area contributed by atoms with Crippen LogP contribution in [0.2, 0.25) is 0 Å². The minimum Gasteiger partial charge on any atom is -0.459 e. The molecule has 2 aliphatic heterocycles. The molecule has 178 valence electrons. The van der Waals surface area contributed by atoms with Crippen molar-refractivity contribution in [3.05, 3.63) is 83.7 Å². The molecule has 10 heteroatoms. The maximum atomic E-state index is 13.6. The lowest BCUT2D eigenvalue weighted by atomic mass is 9.92. The van der Waals surface area contributed by atoms with Crippen molar-refractivity contribution in [2.24, 2.45) is 5.16 Å². The Morgan fingerprint density at radius 1 is 1.18 bits per heavy atom. The maximum absolute atomic E-state index is 13.6. The van der Waals surface area contributed by atoms with Gasteiger partial charge in [-0.3, -0.25) is 4.79 Å². The van der Waals surface area contributed by atoms with Crippen LogP contribution in [0.25, 0.3) is 0 Å². The molecule has 0 spiro atoms. The van der Waals surface area contributed by atoms with Crippen LogP contribution in [0.3, 0.4) is 0 Å². The number of esters is 1. The molecule has 0 aliphatic carbocycles. The summed E-state index contributed by atoms with van der Waals surface area (Å²) >= 11 is 0. The maximum Gasteiger partial charge on any atom is 0.335 e. The van der Waals surface area contributed by atoms with Gasteiger partial charge < -0.3 is 19.6 Å². The number of hydrogen-bond donors (Lipinski definition) is 1. The van der Waals surface area contributed by atoms with Gasteiger partial charge in [-0.2, -0.15) is 0 Å². The van der Waals surface area contributed by atoms with E-state index < -0.39 is 47.1 Å². The van der Waals surface area contributed by atoms with Crippen molar-refractivity contribution < 1.29 is 37.1 Å². The summed E-state index contributed by atoms with van der Waals surface area (Å²) in [4.78, 5) is 30.6. The number of amides is 1. The van der Waals surface area contributed by atoms with Gasteiger partial charge in [-0.1, -0.05) is 23.9 Å². The third kappa shape index (κ3) is 5.12. The van der Waals surface area contributed by atoms with Crippen LogP contribution in [-0.4, -0.2) is 41.9 Å². The molecular formula is C24H21F3N2O5. The van der Waals surface area contributed by atoms with Gasteiger partial charge >= 0.3 is 5.97 Å². The molecule has 4 rings (SSSR count). The number of nitrogens with one attached hydrogen (secondary N) is 1. The number of carbonyl (C=O) groups is 2. The van der Waals surface area contributed by atoms with E-state index in [1.807, 2.05) is 0 Å². The first-order chi connectivity index (χ1) is 16.3. The first kappa shape index (κ1) is 23.5. The van der Waals surface area contributed by atoms with Crippen molar-refractivity contribution in [2.45, 2.75) is 37.2 Å². The van der Waals surface area contributed by atoms with E-state index in [0.717, 1.165) is 18.2 Å². The van der Waals surface area contributed by atoms with Crippen molar-refractivity contribution in [2.75, 3.05) is 6.61 Å². The highest BCUT2D eigenvalue weighted by atomic mass is 19.1. The zero-order valence-electron chi connectivity index (χ0n) is 17.9. The van der Waals surface area contributed by atoms with Gasteiger partial charge in [0.15, 0.2) is 6.10 Å². The lowest BCUT2D eigenvalue weighted by Gasteiger charge is -2.23. The molecule has 3 atom stereocenters. The number of carbonyl (C=O) groups excluding carboxylic acids is 2. The number of oxime groups is 1. The highest BCUT2D eigenvalue weighted by molar-refractivity contribution is 6.06. The highest BCUT2D eigenvalue weighted by Gasteiger charge is 2.46. The molecule has 1 fully saturated rings. The second-order valence-corrected chi connectivity index (χ2v) is 8.02. The van der Waals surface area contributed by atoms with Crippen LogP contribution in [0, 0.1) is 17.5 Å². The predicted octanol–water partition coefficient (Wildman–Crippen LogP) is 3.17. The normalized spacial score (nSPS) is 23.7. The Bertz CT molecular complexity index is 1130. The monoisotopic (exact) mass is 474 g/mol.